The van der Waals surface area contributed by atoms with E-state index in [-0.39, 0.29) is 11.3 Å². The summed E-state index contributed by atoms with van der Waals surface area (Å²) in [4.78, 5) is 27.1. The first-order valence-corrected chi connectivity index (χ1v) is 9.78. The molecule has 0 saturated carbocycles. The molecule has 2 aromatic carbocycles. The average molecular weight is 407 g/mol. The summed E-state index contributed by atoms with van der Waals surface area (Å²) in [5.74, 6) is -0.215. The van der Waals surface area contributed by atoms with E-state index in [9.17, 15) is 14.7 Å². The van der Waals surface area contributed by atoms with E-state index in [2.05, 4.69) is 6.58 Å². The molecule has 2 aromatic rings. The largest absolute Gasteiger partial charge is 0.507 e. The maximum absolute atomic E-state index is 12.9. The van der Waals surface area contributed by atoms with Crippen molar-refractivity contribution in [1.29, 1.82) is 0 Å². The summed E-state index contributed by atoms with van der Waals surface area (Å²) >= 11 is 0. The molecule has 0 bridgehead atoms. The van der Waals surface area contributed by atoms with Crippen LogP contribution in [-0.2, 0) is 9.59 Å². The number of benzene rings is 2. The second-order valence-electron chi connectivity index (χ2n) is 6.89. The summed E-state index contributed by atoms with van der Waals surface area (Å²) in [7, 11) is 1.57. The van der Waals surface area contributed by atoms with Gasteiger partial charge in [0.15, 0.2) is 0 Å². The SMILES string of the molecule is C=CCOc1ccc(C(O)=C2C(=O)C(=O)N(CCC)C2c2ccc(OC)cc2)cc1. The lowest BCUT2D eigenvalue weighted by Gasteiger charge is -2.25. The van der Waals surface area contributed by atoms with Crippen LogP contribution in [0.4, 0.5) is 0 Å². The summed E-state index contributed by atoms with van der Waals surface area (Å²) in [5.41, 5.74) is 1.25. The van der Waals surface area contributed by atoms with Crippen LogP contribution in [0.15, 0.2) is 66.8 Å². The van der Waals surface area contributed by atoms with Crippen LogP contribution in [0.5, 0.6) is 11.5 Å². The van der Waals surface area contributed by atoms with Gasteiger partial charge >= 0.3 is 0 Å². The van der Waals surface area contributed by atoms with Gasteiger partial charge in [-0.05, 0) is 48.4 Å². The van der Waals surface area contributed by atoms with E-state index < -0.39 is 17.7 Å². The van der Waals surface area contributed by atoms with Gasteiger partial charge < -0.3 is 19.5 Å². The van der Waals surface area contributed by atoms with E-state index in [1.54, 1.807) is 61.7 Å². The van der Waals surface area contributed by atoms with Crippen LogP contribution in [0.1, 0.15) is 30.5 Å². The lowest BCUT2D eigenvalue weighted by molar-refractivity contribution is -0.139. The molecule has 1 amide bonds. The van der Waals surface area contributed by atoms with Gasteiger partial charge in [0.1, 0.15) is 23.9 Å². The molecule has 6 heteroatoms. The molecule has 30 heavy (non-hydrogen) atoms. The van der Waals surface area contributed by atoms with Crippen LogP contribution in [0.25, 0.3) is 5.76 Å². The molecule has 1 fully saturated rings. The highest BCUT2D eigenvalue weighted by molar-refractivity contribution is 6.46. The third-order valence-corrected chi connectivity index (χ3v) is 4.93. The normalized spacial score (nSPS) is 17.8. The molecule has 0 aliphatic carbocycles. The van der Waals surface area contributed by atoms with Gasteiger partial charge in [-0.3, -0.25) is 9.59 Å². The van der Waals surface area contributed by atoms with Crippen molar-refractivity contribution < 1.29 is 24.2 Å². The Morgan fingerprint density at radius 2 is 1.73 bits per heavy atom. The summed E-state index contributed by atoms with van der Waals surface area (Å²) in [6.45, 7) is 6.32. The minimum absolute atomic E-state index is 0.0818. The molecule has 1 unspecified atom stereocenters. The number of amides is 1. The van der Waals surface area contributed by atoms with Crippen molar-refractivity contribution in [2.45, 2.75) is 19.4 Å². The number of carbonyl (C=O) groups is 2. The lowest BCUT2D eigenvalue weighted by Crippen LogP contribution is -2.30. The van der Waals surface area contributed by atoms with Crippen LogP contribution in [0, 0.1) is 0 Å². The van der Waals surface area contributed by atoms with Crippen LogP contribution in [0.3, 0.4) is 0 Å². The Bertz CT molecular complexity index is 960. The monoisotopic (exact) mass is 407 g/mol. The second kappa shape index (κ2) is 9.31. The molecule has 0 spiro atoms. The quantitative estimate of drug-likeness (QED) is 0.309. The smallest absolute Gasteiger partial charge is 0.295 e. The minimum atomic E-state index is -0.686. The number of aliphatic hydroxyl groups is 1. The zero-order valence-corrected chi connectivity index (χ0v) is 17.1. The Hall–Kier alpha value is -3.54. The van der Waals surface area contributed by atoms with E-state index in [1.807, 2.05) is 6.92 Å². The number of ketones is 1. The van der Waals surface area contributed by atoms with Gasteiger partial charge in [-0.2, -0.15) is 0 Å². The Labute approximate surface area is 176 Å². The van der Waals surface area contributed by atoms with Gasteiger partial charge in [0.2, 0.25) is 0 Å². The van der Waals surface area contributed by atoms with Gasteiger partial charge in [-0.15, -0.1) is 0 Å². The summed E-state index contributed by atoms with van der Waals surface area (Å²) in [5, 5.41) is 11.0. The summed E-state index contributed by atoms with van der Waals surface area (Å²) in [6, 6.07) is 13.2. The molecular formula is C24H25NO5. The Balaban J connectivity index is 2.06. The van der Waals surface area contributed by atoms with Gasteiger partial charge in [0, 0.05) is 12.1 Å². The number of aliphatic hydroxyl groups excluding tert-OH is 1. The van der Waals surface area contributed by atoms with Crippen molar-refractivity contribution in [3.05, 3.63) is 77.9 Å². The van der Waals surface area contributed by atoms with Crippen LogP contribution >= 0.6 is 0 Å². The Morgan fingerprint density at radius 1 is 1.10 bits per heavy atom. The molecule has 0 radical (unpaired) electrons. The first-order chi connectivity index (χ1) is 14.5. The minimum Gasteiger partial charge on any atom is -0.507 e. The fraction of sp³-hybridized carbons (Fsp3) is 0.250. The first kappa shape index (κ1) is 21.2. The number of carbonyl (C=O) groups excluding carboxylic acids is 2. The van der Waals surface area contributed by atoms with E-state index in [4.69, 9.17) is 9.47 Å². The van der Waals surface area contributed by atoms with Gasteiger partial charge in [0.25, 0.3) is 11.7 Å². The van der Waals surface area contributed by atoms with Crippen LogP contribution in [-0.4, -0.2) is 42.0 Å². The van der Waals surface area contributed by atoms with E-state index in [0.29, 0.717) is 36.6 Å². The lowest BCUT2D eigenvalue weighted by atomic mass is 9.95. The topological polar surface area (TPSA) is 76.1 Å². The fourth-order valence-corrected chi connectivity index (χ4v) is 3.50. The van der Waals surface area contributed by atoms with E-state index in [0.717, 1.165) is 5.56 Å². The number of nitrogens with zero attached hydrogens (tertiary/aromatic N) is 1. The number of methoxy groups -OCH3 is 1. The molecular weight excluding hydrogens is 382 g/mol. The number of hydrogen-bond acceptors (Lipinski definition) is 5. The highest BCUT2D eigenvalue weighted by Crippen LogP contribution is 2.40. The number of rotatable bonds is 8. The standard InChI is InChI=1S/C24H25NO5/c1-4-14-25-21(16-6-10-18(29-3)11-7-16)20(23(27)24(25)28)22(26)17-8-12-19(13-9-17)30-15-5-2/h5-13,21,26H,2,4,14-15H2,1,3H3. The van der Waals surface area contributed by atoms with Gasteiger partial charge in [0.05, 0.1) is 18.7 Å². The highest BCUT2D eigenvalue weighted by atomic mass is 16.5. The molecule has 1 atom stereocenters. The molecule has 6 nitrogen and oxygen atoms in total. The van der Waals surface area contributed by atoms with Crippen LogP contribution in [0.2, 0.25) is 0 Å². The van der Waals surface area contributed by atoms with Gasteiger partial charge in [-0.1, -0.05) is 31.7 Å². The van der Waals surface area contributed by atoms with Crippen molar-refractivity contribution >= 4 is 17.4 Å². The zero-order valence-electron chi connectivity index (χ0n) is 17.1. The number of likely N-dealkylation sites (tertiary alicyclic amines) is 1. The maximum Gasteiger partial charge on any atom is 0.295 e. The van der Waals surface area contributed by atoms with E-state index >= 15 is 0 Å². The predicted octanol–water partition coefficient (Wildman–Crippen LogP) is 4.09. The van der Waals surface area contributed by atoms with Crippen molar-refractivity contribution in [1.82, 2.24) is 4.90 Å². The van der Waals surface area contributed by atoms with Crippen molar-refractivity contribution in [2.75, 3.05) is 20.3 Å². The first-order valence-electron chi connectivity index (χ1n) is 9.78. The predicted molar refractivity (Wildman–Crippen MR) is 114 cm³/mol. The molecule has 1 heterocycles. The molecule has 3 rings (SSSR count). The second-order valence-corrected chi connectivity index (χ2v) is 6.89. The molecule has 1 N–H and O–H groups in total. The summed E-state index contributed by atoms with van der Waals surface area (Å²) in [6.07, 6.45) is 2.33. The molecule has 1 aliphatic rings. The fourth-order valence-electron chi connectivity index (χ4n) is 3.50. The highest BCUT2D eigenvalue weighted by Gasteiger charge is 2.45. The number of hydrogen-bond donors (Lipinski definition) is 1. The van der Waals surface area contributed by atoms with E-state index in [1.165, 1.54) is 4.90 Å². The third kappa shape index (κ3) is 4.08. The molecule has 156 valence electrons. The van der Waals surface area contributed by atoms with Crippen LogP contribution < -0.4 is 9.47 Å². The Kier molecular flexibility index (Phi) is 6.57. The van der Waals surface area contributed by atoms with Crippen molar-refractivity contribution in [2.24, 2.45) is 0 Å². The zero-order chi connectivity index (χ0) is 21.7. The summed E-state index contributed by atoms with van der Waals surface area (Å²) < 4.78 is 10.7. The molecule has 1 aliphatic heterocycles. The molecule has 1 saturated heterocycles. The number of ether oxygens (including phenoxy) is 2. The third-order valence-electron chi connectivity index (χ3n) is 4.93. The Morgan fingerprint density at radius 3 is 2.30 bits per heavy atom. The number of Topliss-reactive ketones (excluding diaryl/α,β-unsaturated/α-hetero) is 1. The average Bonchev–Trinajstić information content (AvgIpc) is 3.03. The maximum atomic E-state index is 12.9. The van der Waals surface area contributed by atoms with Crippen molar-refractivity contribution in [3.8, 4) is 11.5 Å². The molecule has 0 aromatic heterocycles. The van der Waals surface area contributed by atoms with Gasteiger partial charge in [-0.25, -0.2) is 0 Å². The van der Waals surface area contributed by atoms with Crippen molar-refractivity contribution in [3.63, 3.8) is 0 Å².